The second-order valence-corrected chi connectivity index (χ2v) is 8.65. The molecule has 1 aliphatic rings. The Morgan fingerprint density at radius 2 is 1.72 bits per heavy atom. The maximum Gasteiger partial charge on any atom is 0.234 e. The van der Waals surface area contributed by atoms with E-state index in [0.717, 1.165) is 49.6 Å². The van der Waals surface area contributed by atoms with E-state index in [9.17, 15) is 4.79 Å². The summed E-state index contributed by atoms with van der Waals surface area (Å²) in [6, 6.07) is 20.7. The quantitative estimate of drug-likeness (QED) is 0.512. The van der Waals surface area contributed by atoms with E-state index in [4.69, 9.17) is 4.98 Å². The molecule has 2 aromatic heterocycles. The van der Waals surface area contributed by atoms with Crippen LogP contribution in [0.5, 0.6) is 0 Å². The van der Waals surface area contributed by atoms with Crippen LogP contribution in [0.2, 0.25) is 0 Å². The van der Waals surface area contributed by atoms with E-state index in [1.165, 1.54) is 10.8 Å². The lowest BCUT2D eigenvalue weighted by Crippen LogP contribution is -2.49. The Morgan fingerprint density at radius 3 is 2.53 bits per heavy atom. The van der Waals surface area contributed by atoms with E-state index >= 15 is 0 Å². The third kappa shape index (κ3) is 4.66. The van der Waals surface area contributed by atoms with Crippen LogP contribution in [0.1, 0.15) is 24.2 Å². The zero-order chi connectivity index (χ0) is 21.9. The lowest BCUT2D eigenvalue weighted by atomic mass is 10.0. The van der Waals surface area contributed by atoms with E-state index in [0.29, 0.717) is 6.54 Å². The van der Waals surface area contributed by atoms with Crippen LogP contribution in [0, 0.1) is 0 Å². The number of pyridine rings is 1. The Kier molecular flexibility index (Phi) is 5.88. The summed E-state index contributed by atoms with van der Waals surface area (Å²) in [6.07, 6.45) is 4.13. The summed E-state index contributed by atoms with van der Waals surface area (Å²) >= 11 is 0. The Morgan fingerprint density at radius 1 is 0.969 bits per heavy atom. The number of hydrogen-bond donors (Lipinski definition) is 1. The summed E-state index contributed by atoms with van der Waals surface area (Å²) in [5.74, 6) is 0.0828. The van der Waals surface area contributed by atoms with Crippen LogP contribution in [0.3, 0.4) is 0 Å². The van der Waals surface area contributed by atoms with Crippen LogP contribution in [0.25, 0.3) is 16.4 Å². The smallest absolute Gasteiger partial charge is 0.234 e. The number of benzene rings is 2. The van der Waals surface area contributed by atoms with E-state index in [1.807, 2.05) is 36.5 Å². The Bertz CT molecular complexity index is 1190. The molecule has 0 bridgehead atoms. The summed E-state index contributed by atoms with van der Waals surface area (Å²) < 4.78 is 2.06. The van der Waals surface area contributed by atoms with Crippen LogP contribution in [-0.4, -0.2) is 57.8 Å². The van der Waals surface area contributed by atoms with Crippen molar-refractivity contribution < 1.29 is 4.79 Å². The van der Waals surface area contributed by atoms with E-state index in [2.05, 4.69) is 63.0 Å². The molecular formula is C26H29N5O. The Labute approximate surface area is 188 Å². The first-order chi connectivity index (χ1) is 15.6. The Balaban J connectivity index is 1.10. The zero-order valence-corrected chi connectivity index (χ0v) is 18.4. The van der Waals surface area contributed by atoms with Gasteiger partial charge in [0.15, 0.2) is 0 Å². The summed E-state index contributed by atoms with van der Waals surface area (Å²) in [5.41, 5.74) is 3.21. The largest absolute Gasteiger partial charge is 0.348 e. The number of amides is 1. The predicted octanol–water partition coefficient (Wildman–Crippen LogP) is 3.48. The molecule has 0 spiro atoms. The van der Waals surface area contributed by atoms with Crippen molar-refractivity contribution in [1.29, 1.82) is 0 Å². The minimum absolute atomic E-state index is 0.0107. The van der Waals surface area contributed by atoms with Crippen LogP contribution < -0.4 is 5.32 Å². The molecule has 1 aliphatic heterocycles. The van der Waals surface area contributed by atoms with Gasteiger partial charge in [0, 0.05) is 45.1 Å². The molecule has 0 saturated carbocycles. The molecule has 6 nitrogen and oxygen atoms in total. The van der Waals surface area contributed by atoms with Crippen molar-refractivity contribution in [3.8, 4) is 0 Å². The second kappa shape index (κ2) is 9.10. The minimum Gasteiger partial charge on any atom is -0.348 e. The molecule has 32 heavy (non-hydrogen) atoms. The molecule has 6 heteroatoms. The van der Waals surface area contributed by atoms with Gasteiger partial charge < -0.3 is 9.72 Å². The topological polar surface area (TPSA) is 52.9 Å². The standard InChI is InChI=1S/C26H29N5O/c1-20(22-10-9-21-6-2-3-7-23(21)16-22)27-26(32)19-30-14-12-29(13-15-30)17-24-18-31-11-5-4-8-25(31)28-24/h2-11,16,18,20H,12-15,17,19H2,1H3,(H,27,32). The van der Waals surface area contributed by atoms with Crippen LogP contribution in [0.15, 0.2) is 73.1 Å². The number of nitrogens with zero attached hydrogens (tertiary/aromatic N) is 4. The van der Waals surface area contributed by atoms with Crippen LogP contribution in [-0.2, 0) is 11.3 Å². The monoisotopic (exact) mass is 427 g/mol. The van der Waals surface area contributed by atoms with Gasteiger partial charge in [-0.05, 0) is 41.5 Å². The van der Waals surface area contributed by atoms with Gasteiger partial charge in [-0.3, -0.25) is 14.6 Å². The van der Waals surface area contributed by atoms with Gasteiger partial charge in [0.1, 0.15) is 5.65 Å². The Hall–Kier alpha value is -3.22. The minimum atomic E-state index is -0.0107. The first kappa shape index (κ1) is 20.7. The van der Waals surface area contributed by atoms with Gasteiger partial charge >= 0.3 is 0 Å². The molecule has 4 aromatic rings. The molecule has 0 radical (unpaired) electrons. The zero-order valence-electron chi connectivity index (χ0n) is 18.4. The second-order valence-electron chi connectivity index (χ2n) is 8.65. The fourth-order valence-corrected chi connectivity index (χ4v) is 4.45. The highest BCUT2D eigenvalue weighted by molar-refractivity contribution is 5.83. The third-order valence-electron chi connectivity index (χ3n) is 6.28. The van der Waals surface area contributed by atoms with Crippen molar-refractivity contribution in [3.63, 3.8) is 0 Å². The number of fused-ring (bicyclic) bond motifs is 2. The summed E-state index contributed by atoms with van der Waals surface area (Å²) in [4.78, 5) is 22.0. The molecule has 1 amide bonds. The van der Waals surface area contributed by atoms with Gasteiger partial charge in [0.25, 0.3) is 0 Å². The first-order valence-corrected chi connectivity index (χ1v) is 11.3. The lowest BCUT2D eigenvalue weighted by molar-refractivity contribution is -0.123. The fraction of sp³-hybridized carbons (Fsp3) is 0.308. The van der Waals surface area contributed by atoms with Crippen molar-refractivity contribution in [1.82, 2.24) is 24.5 Å². The van der Waals surface area contributed by atoms with Crippen molar-refractivity contribution in [2.75, 3.05) is 32.7 Å². The summed E-state index contributed by atoms with van der Waals surface area (Å²) in [5, 5.41) is 5.59. The van der Waals surface area contributed by atoms with Crippen molar-refractivity contribution in [2.24, 2.45) is 0 Å². The SMILES string of the molecule is CC(NC(=O)CN1CCN(Cc2cn3ccccc3n2)CC1)c1ccc2ccccc2c1. The maximum atomic E-state index is 12.7. The molecule has 5 rings (SSSR count). The van der Waals surface area contributed by atoms with E-state index in [-0.39, 0.29) is 11.9 Å². The van der Waals surface area contributed by atoms with Crippen molar-refractivity contribution in [2.45, 2.75) is 19.5 Å². The molecule has 2 aromatic carbocycles. The lowest BCUT2D eigenvalue weighted by Gasteiger charge is -2.34. The average molecular weight is 428 g/mol. The van der Waals surface area contributed by atoms with Gasteiger partial charge in [-0.25, -0.2) is 4.98 Å². The molecule has 0 aliphatic carbocycles. The molecule has 1 N–H and O–H groups in total. The molecule has 1 saturated heterocycles. The number of imidazole rings is 1. The molecule has 1 fully saturated rings. The molecule has 1 unspecified atom stereocenters. The number of rotatable bonds is 6. The molecule has 164 valence electrons. The summed E-state index contributed by atoms with van der Waals surface area (Å²) in [7, 11) is 0. The first-order valence-electron chi connectivity index (χ1n) is 11.3. The van der Waals surface area contributed by atoms with Gasteiger partial charge in [0.05, 0.1) is 18.3 Å². The summed E-state index contributed by atoms with van der Waals surface area (Å²) in [6.45, 7) is 7.02. The fourth-order valence-electron chi connectivity index (χ4n) is 4.45. The van der Waals surface area contributed by atoms with E-state index in [1.54, 1.807) is 0 Å². The van der Waals surface area contributed by atoms with Gasteiger partial charge in [0.2, 0.25) is 5.91 Å². The number of carbonyl (C=O) groups excluding carboxylic acids is 1. The van der Waals surface area contributed by atoms with E-state index < -0.39 is 0 Å². The van der Waals surface area contributed by atoms with Gasteiger partial charge in [-0.2, -0.15) is 0 Å². The van der Waals surface area contributed by atoms with Crippen LogP contribution >= 0.6 is 0 Å². The molecule has 3 heterocycles. The van der Waals surface area contributed by atoms with Gasteiger partial charge in [-0.1, -0.05) is 42.5 Å². The van der Waals surface area contributed by atoms with Crippen molar-refractivity contribution >= 4 is 22.3 Å². The highest BCUT2D eigenvalue weighted by Crippen LogP contribution is 2.20. The molecular weight excluding hydrogens is 398 g/mol. The molecule has 1 atom stereocenters. The highest BCUT2D eigenvalue weighted by atomic mass is 16.2. The van der Waals surface area contributed by atoms with Gasteiger partial charge in [-0.15, -0.1) is 0 Å². The predicted molar refractivity (Wildman–Crippen MR) is 127 cm³/mol. The number of carbonyl (C=O) groups is 1. The maximum absolute atomic E-state index is 12.7. The normalized spacial score (nSPS) is 16.4. The number of nitrogens with one attached hydrogen (secondary N) is 1. The number of hydrogen-bond acceptors (Lipinski definition) is 4. The average Bonchev–Trinajstić information content (AvgIpc) is 3.22. The van der Waals surface area contributed by atoms with Crippen molar-refractivity contribution in [3.05, 3.63) is 84.3 Å². The third-order valence-corrected chi connectivity index (χ3v) is 6.28. The number of aromatic nitrogens is 2. The highest BCUT2D eigenvalue weighted by Gasteiger charge is 2.20. The van der Waals surface area contributed by atoms with Crippen LogP contribution in [0.4, 0.5) is 0 Å². The number of piperazine rings is 1.